The summed E-state index contributed by atoms with van der Waals surface area (Å²) in [6.07, 6.45) is 0. The number of methoxy groups -OCH3 is 1. The minimum atomic E-state index is -0.169. The fourth-order valence-corrected chi connectivity index (χ4v) is 2.25. The van der Waals surface area contributed by atoms with E-state index in [2.05, 4.69) is 19.2 Å². The molecule has 0 saturated heterocycles. The van der Waals surface area contributed by atoms with Crippen molar-refractivity contribution in [1.82, 2.24) is 0 Å². The Kier molecular flexibility index (Phi) is 5.85. The van der Waals surface area contributed by atoms with Gasteiger partial charge in [-0.2, -0.15) is 0 Å². The van der Waals surface area contributed by atoms with Gasteiger partial charge in [0.15, 0.2) is 11.5 Å². The molecule has 0 aliphatic carbocycles. The Balaban J connectivity index is 2.19. The number of rotatable bonds is 6. The van der Waals surface area contributed by atoms with Gasteiger partial charge < -0.3 is 14.8 Å². The fraction of sp³-hybridized carbons (Fsp3) is 0.350. The maximum absolute atomic E-state index is 12.5. The lowest BCUT2D eigenvalue weighted by Gasteiger charge is -2.14. The molecular formula is C20H25NO3. The summed E-state index contributed by atoms with van der Waals surface area (Å²) in [7, 11) is 1.57. The Morgan fingerprint density at radius 1 is 1.08 bits per heavy atom. The summed E-state index contributed by atoms with van der Waals surface area (Å²) < 4.78 is 11.1. The molecule has 0 atom stereocenters. The van der Waals surface area contributed by atoms with Gasteiger partial charge in [0.05, 0.1) is 13.7 Å². The highest BCUT2D eigenvalue weighted by Gasteiger charge is 2.13. The maximum Gasteiger partial charge on any atom is 0.255 e. The molecule has 1 amide bonds. The van der Waals surface area contributed by atoms with Crippen molar-refractivity contribution in [2.24, 2.45) is 5.92 Å². The number of amides is 1. The van der Waals surface area contributed by atoms with Crippen LogP contribution in [0.1, 0.15) is 35.3 Å². The summed E-state index contributed by atoms with van der Waals surface area (Å²) in [5.74, 6) is 1.46. The topological polar surface area (TPSA) is 47.6 Å². The van der Waals surface area contributed by atoms with Crippen LogP contribution in [0, 0.1) is 19.8 Å². The SMILES string of the molecule is COc1cc(C(=O)Nc2cc(C)ccc2C)ccc1OCC(C)C. The van der Waals surface area contributed by atoms with Crippen molar-refractivity contribution in [3.8, 4) is 11.5 Å². The van der Waals surface area contributed by atoms with Crippen LogP contribution in [0.15, 0.2) is 36.4 Å². The van der Waals surface area contributed by atoms with Crippen LogP contribution in [-0.4, -0.2) is 19.6 Å². The molecule has 4 nitrogen and oxygen atoms in total. The van der Waals surface area contributed by atoms with Crippen LogP contribution in [0.3, 0.4) is 0 Å². The van der Waals surface area contributed by atoms with Gasteiger partial charge in [0.1, 0.15) is 0 Å². The Hall–Kier alpha value is -2.49. The lowest BCUT2D eigenvalue weighted by atomic mass is 10.1. The van der Waals surface area contributed by atoms with Crippen LogP contribution >= 0.6 is 0 Å². The maximum atomic E-state index is 12.5. The molecule has 128 valence electrons. The number of ether oxygens (including phenoxy) is 2. The third kappa shape index (κ3) is 4.51. The molecule has 0 spiro atoms. The number of benzene rings is 2. The van der Waals surface area contributed by atoms with Crippen LogP contribution in [-0.2, 0) is 0 Å². The molecule has 0 aromatic heterocycles. The van der Waals surface area contributed by atoms with E-state index in [0.717, 1.165) is 16.8 Å². The van der Waals surface area contributed by atoms with E-state index in [1.807, 2.05) is 32.0 Å². The first-order valence-corrected chi connectivity index (χ1v) is 8.10. The molecule has 2 aromatic rings. The lowest BCUT2D eigenvalue weighted by molar-refractivity contribution is 0.102. The van der Waals surface area contributed by atoms with Crippen LogP contribution in [0.2, 0.25) is 0 Å². The molecule has 1 N–H and O–H groups in total. The average molecular weight is 327 g/mol. The minimum Gasteiger partial charge on any atom is -0.493 e. The molecule has 0 heterocycles. The van der Waals surface area contributed by atoms with Crippen LogP contribution in [0.25, 0.3) is 0 Å². The van der Waals surface area contributed by atoms with Gasteiger partial charge in [0.25, 0.3) is 5.91 Å². The Labute approximate surface area is 143 Å². The van der Waals surface area contributed by atoms with E-state index in [9.17, 15) is 4.79 Å². The first-order chi connectivity index (χ1) is 11.4. The molecule has 0 aliphatic rings. The van der Waals surface area contributed by atoms with Crippen LogP contribution in [0.4, 0.5) is 5.69 Å². The van der Waals surface area contributed by atoms with Gasteiger partial charge in [0.2, 0.25) is 0 Å². The van der Waals surface area contributed by atoms with E-state index < -0.39 is 0 Å². The van der Waals surface area contributed by atoms with Gasteiger partial charge in [-0.15, -0.1) is 0 Å². The Morgan fingerprint density at radius 3 is 2.50 bits per heavy atom. The van der Waals surface area contributed by atoms with Gasteiger partial charge in [-0.1, -0.05) is 26.0 Å². The van der Waals surface area contributed by atoms with Gasteiger partial charge in [-0.25, -0.2) is 0 Å². The summed E-state index contributed by atoms with van der Waals surface area (Å²) in [4.78, 5) is 12.5. The van der Waals surface area contributed by atoms with Crippen molar-refractivity contribution in [2.45, 2.75) is 27.7 Å². The third-order valence-corrected chi connectivity index (χ3v) is 3.64. The number of carbonyl (C=O) groups is 1. The third-order valence-electron chi connectivity index (χ3n) is 3.64. The molecule has 0 bridgehead atoms. The second-order valence-electron chi connectivity index (χ2n) is 6.34. The molecular weight excluding hydrogens is 302 g/mol. The fourth-order valence-electron chi connectivity index (χ4n) is 2.25. The summed E-state index contributed by atoms with van der Waals surface area (Å²) >= 11 is 0. The van der Waals surface area contributed by atoms with Crippen molar-refractivity contribution in [3.63, 3.8) is 0 Å². The van der Waals surface area contributed by atoms with Crippen molar-refractivity contribution in [1.29, 1.82) is 0 Å². The second kappa shape index (κ2) is 7.86. The molecule has 24 heavy (non-hydrogen) atoms. The molecule has 0 fully saturated rings. The highest BCUT2D eigenvalue weighted by Crippen LogP contribution is 2.29. The highest BCUT2D eigenvalue weighted by atomic mass is 16.5. The molecule has 4 heteroatoms. The van der Waals surface area contributed by atoms with E-state index in [4.69, 9.17) is 9.47 Å². The number of hydrogen-bond donors (Lipinski definition) is 1. The van der Waals surface area contributed by atoms with Gasteiger partial charge >= 0.3 is 0 Å². The number of aryl methyl sites for hydroxylation is 2. The zero-order valence-electron chi connectivity index (χ0n) is 15.0. The van der Waals surface area contributed by atoms with E-state index in [1.54, 1.807) is 25.3 Å². The predicted octanol–water partition coefficient (Wildman–Crippen LogP) is 4.60. The van der Waals surface area contributed by atoms with Crippen molar-refractivity contribution in [3.05, 3.63) is 53.1 Å². The number of hydrogen-bond acceptors (Lipinski definition) is 3. The second-order valence-corrected chi connectivity index (χ2v) is 6.34. The van der Waals surface area contributed by atoms with Crippen LogP contribution < -0.4 is 14.8 Å². The highest BCUT2D eigenvalue weighted by molar-refractivity contribution is 6.05. The molecule has 2 rings (SSSR count). The predicted molar refractivity (Wildman–Crippen MR) is 97.2 cm³/mol. The van der Waals surface area contributed by atoms with E-state index in [1.165, 1.54) is 0 Å². The average Bonchev–Trinajstić information content (AvgIpc) is 2.56. The first-order valence-electron chi connectivity index (χ1n) is 8.10. The quantitative estimate of drug-likeness (QED) is 0.843. The van der Waals surface area contributed by atoms with Crippen LogP contribution in [0.5, 0.6) is 11.5 Å². The molecule has 0 unspecified atom stereocenters. The molecule has 2 aromatic carbocycles. The van der Waals surface area contributed by atoms with Gasteiger partial charge in [-0.05, 0) is 55.2 Å². The number of nitrogens with one attached hydrogen (secondary N) is 1. The van der Waals surface area contributed by atoms with E-state index in [-0.39, 0.29) is 5.91 Å². The molecule has 0 saturated carbocycles. The summed E-state index contributed by atoms with van der Waals surface area (Å²) in [5, 5.41) is 2.95. The summed E-state index contributed by atoms with van der Waals surface area (Å²) in [6, 6.07) is 11.2. The zero-order valence-corrected chi connectivity index (χ0v) is 15.0. The Bertz CT molecular complexity index is 723. The van der Waals surface area contributed by atoms with Gasteiger partial charge in [-0.3, -0.25) is 4.79 Å². The first kappa shape index (κ1) is 17.9. The Morgan fingerprint density at radius 2 is 1.83 bits per heavy atom. The molecule has 0 radical (unpaired) electrons. The summed E-state index contributed by atoms with van der Waals surface area (Å²) in [5.41, 5.74) is 3.48. The van der Waals surface area contributed by atoms with Crippen molar-refractivity contribution in [2.75, 3.05) is 19.0 Å². The van der Waals surface area contributed by atoms with E-state index in [0.29, 0.717) is 29.6 Å². The number of anilines is 1. The standard InChI is InChI=1S/C20H25NO3/c1-13(2)12-24-18-9-8-16(11-19(18)23-5)20(22)21-17-10-14(3)6-7-15(17)4/h6-11,13H,12H2,1-5H3,(H,21,22). The van der Waals surface area contributed by atoms with E-state index >= 15 is 0 Å². The molecule has 0 aliphatic heterocycles. The number of carbonyl (C=O) groups excluding carboxylic acids is 1. The van der Waals surface area contributed by atoms with Crippen molar-refractivity contribution < 1.29 is 14.3 Å². The zero-order chi connectivity index (χ0) is 17.7. The largest absolute Gasteiger partial charge is 0.493 e. The van der Waals surface area contributed by atoms with Crippen molar-refractivity contribution >= 4 is 11.6 Å². The smallest absolute Gasteiger partial charge is 0.255 e. The normalized spacial score (nSPS) is 10.6. The minimum absolute atomic E-state index is 0.169. The summed E-state index contributed by atoms with van der Waals surface area (Å²) in [6.45, 7) is 8.73. The van der Waals surface area contributed by atoms with Gasteiger partial charge in [0, 0.05) is 11.3 Å². The monoisotopic (exact) mass is 327 g/mol. The lowest BCUT2D eigenvalue weighted by Crippen LogP contribution is -2.13.